The summed E-state index contributed by atoms with van der Waals surface area (Å²) in [6.45, 7) is 6.56. The predicted molar refractivity (Wildman–Crippen MR) is 123 cm³/mol. The standard InChI is InChI=1S/C25H29N3O3/c1-16(2)13-23(28-20-14-21-17(3)5-4-6-22(21)27-15-20)18-7-9-19(10-8-18)25(31)26-12-11-24(29)30/h4-10,14-16,23,28H,11-13H2,1-3H3,(H,26,31)(H,29,30). The smallest absolute Gasteiger partial charge is 0.305 e. The molecule has 1 unspecified atom stereocenters. The molecule has 1 aromatic heterocycles. The number of fused-ring (bicyclic) bond motifs is 1. The van der Waals surface area contributed by atoms with Crippen LogP contribution in [0.2, 0.25) is 0 Å². The summed E-state index contributed by atoms with van der Waals surface area (Å²) in [5, 5.41) is 16.1. The Morgan fingerprint density at radius 3 is 2.52 bits per heavy atom. The zero-order chi connectivity index (χ0) is 22.4. The highest BCUT2D eigenvalue weighted by molar-refractivity contribution is 5.94. The third-order valence-electron chi connectivity index (χ3n) is 5.19. The van der Waals surface area contributed by atoms with Gasteiger partial charge < -0.3 is 15.7 Å². The van der Waals surface area contributed by atoms with Gasteiger partial charge in [-0.2, -0.15) is 0 Å². The van der Waals surface area contributed by atoms with Gasteiger partial charge in [0.1, 0.15) is 0 Å². The number of aryl methyl sites for hydroxylation is 1. The van der Waals surface area contributed by atoms with Gasteiger partial charge in [0.2, 0.25) is 0 Å². The lowest BCUT2D eigenvalue weighted by Gasteiger charge is -2.23. The molecule has 0 saturated heterocycles. The van der Waals surface area contributed by atoms with Crippen LogP contribution >= 0.6 is 0 Å². The van der Waals surface area contributed by atoms with E-state index in [0.29, 0.717) is 11.5 Å². The summed E-state index contributed by atoms with van der Waals surface area (Å²) in [5.41, 5.74) is 4.72. The maximum Gasteiger partial charge on any atom is 0.305 e. The van der Waals surface area contributed by atoms with E-state index in [1.807, 2.05) is 30.5 Å². The number of carbonyl (C=O) groups excluding carboxylic acids is 1. The summed E-state index contributed by atoms with van der Waals surface area (Å²) in [7, 11) is 0. The molecule has 0 fully saturated rings. The fourth-order valence-corrected chi connectivity index (χ4v) is 3.58. The van der Waals surface area contributed by atoms with Crippen molar-refractivity contribution < 1.29 is 14.7 Å². The molecule has 1 heterocycles. The summed E-state index contributed by atoms with van der Waals surface area (Å²) in [6, 6.07) is 15.8. The number of aromatic nitrogens is 1. The van der Waals surface area contributed by atoms with E-state index in [1.54, 1.807) is 12.1 Å². The van der Waals surface area contributed by atoms with Crippen LogP contribution in [0.25, 0.3) is 10.9 Å². The topological polar surface area (TPSA) is 91.3 Å². The molecule has 3 rings (SSSR count). The van der Waals surface area contributed by atoms with Crippen molar-refractivity contribution in [2.75, 3.05) is 11.9 Å². The first-order chi connectivity index (χ1) is 14.8. The number of carboxylic acids is 1. The zero-order valence-electron chi connectivity index (χ0n) is 18.2. The summed E-state index contributed by atoms with van der Waals surface area (Å²) >= 11 is 0. The number of anilines is 1. The quantitative estimate of drug-likeness (QED) is 0.457. The molecule has 3 N–H and O–H groups in total. The Kier molecular flexibility index (Phi) is 7.23. The van der Waals surface area contributed by atoms with Gasteiger partial charge >= 0.3 is 5.97 Å². The fourth-order valence-electron chi connectivity index (χ4n) is 3.58. The molecule has 0 aliphatic rings. The Labute approximate surface area is 182 Å². The number of nitrogens with one attached hydrogen (secondary N) is 2. The monoisotopic (exact) mass is 419 g/mol. The lowest BCUT2D eigenvalue weighted by molar-refractivity contribution is -0.136. The summed E-state index contributed by atoms with van der Waals surface area (Å²) < 4.78 is 0. The van der Waals surface area contributed by atoms with Crippen LogP contribution in [0.5, 0.6) is 0 Å². The van der Waals surface area contributed by atoms with Gasteiger partial charge in [0, 0.05) is 17.5 Å². The van der Waals surface area contributed by atoms with Crippen LogP contribution < -0.4 is 10.6 Å². The van der Waals surface area contributed by atoms with Crippen LogP contribution in [0.15, 0.2) is 54.7 Å². The maximum absolute atomic E-state index is 12.2. The number of benzene rings is 2. The Morgan fingerprint density at radius 2 is 1.84 bits per heavy atom. The number of amides is 1. The average Bonchev–Trinajstić information content (AvgIpc) is 2.73. The van der Waals surface area contributed by atoms with E-state index < -0.39 is 5.97 Å². The first kappa shape index (κ1) is 22.3. The molecule has 6 nitrogen and oxygen atoms in total. The molecule has 0 radical (unpaired) electrons. The lowest BCUT2D eigenvalue weighted by atomic mass is 9.95. The van der Waals surface area contributed by atoms with Crippen molar-refractivity contribution in [3.05, 3.63) is 71.4 Å². The maximum atomic E-state index is 12.2. The second-order valence-corrected chi connectivity index (χ2v) is 8.21. The largest absolute Gasteiger partial charge is 0.481 e. The van der Waals surface area contributed by atoms with Crippen molar-refractivity contribution in [1.82, 2.24) is 10.3 Å². The minimum atomic E-state index is -0.934. The SMILES string of the molecule is Cc1cccc2ncc(NC(CC(C)C)c3ccc(C(=O)NCCC(=O)O)cc3)cc12. The number of hydrogen-bond acceptors (Lipinski definition) is 4. The number of rotatable bonds is 9. The lowest BCUT2D eigenvalue weighted by Crippen LogP contribution is -2.26. The minimum Gasteiger partial charge on any atom is -0.481 e. The van der Waals surface area contributed by atoms with Gasteiger partial charge in [-0.05, 0) is 54.7 Å². The van der Waals surface area contributed by atoms with Crippen LogP contribution in [-0.4, -0.2) is 28.5 Å². The second-order valence-electron chi connectivity index (χ2n) is 8.21. The van der Waals surface area contributed by atoms with E-state index >= 15 is 0 Å². The summed E-state index contributed by atoms with van der Waals surface area (Å²) in [6.07, 6.45) is 2.69. The number of aliphatic carboxylic acids is 1. The van der Waals surface area contributed by atoms with Crippen LogP contribution in [0.3, 0.4) is 0 Å². The molecule has 2 aromatic carbocycles. The number of hydrogen-bond donors (Lipinski definition) is 3. The molecule has 31 heavy (non-hydrogen) atoms. The summed E-state index contributed by atoms with van der Waals surface area (Å²) in [5.74, 6) is -0.723. The zero-order valence-corrected chi connectivity index (χ0v) is 18.2. The van der Waals surface area contributed by atoms with Gasteiger partial charge in [0.25, 0.3) is 5.91 Å². The minimum absolute atomic E-state index is 0.0763. The molecule has 0 spiro atoms. The second kappa shape index (κ2) is 10.1. The molecule has 1 amide bonds. The molecule has 0 aliphatic heterocycles. The van der Waals surface area contributed by atoms with Gasteiger partial charge in [-0.1, -0.05) is 38.1 Å². The van der Waals surface area contributed by atoms with Crippen molar-refractivity contribution in [2.24, 2.45) is 5.92 Å². The highest BCUT2D eigenvalue weighted by Crippen LogP contribution is 2.28. The van der Waals surface area contributed by atoms with Crippen molar-refractivity contribution in [3.8, 4) is 0 Å². The van der Waals surface area contributed by atoms with Gasteiger partial charge in [-0.15, -0.1) is 0 Å². The Morgan fingerprint density at radius 1 is 1.10 bits per heavy atom. The van der Waals surface area contributed by atoms with Crippen molar-refractivity contribution >= 4 is 28.5 Å². The van der Waals surface area contributed by atoms with Crippen LogP contribution in [0.4, 0.5) is 5.69 Å². The first-order valence-corrected chi connectivity index (χ1v) is 10.6. The van der Waals surface area contributed by atoms with Crippen LogP contribution in [-0.2, 0) is 4.79 Å². The number of carboxylic acid groups (broad SMARTS) is 1. The van der Waals surface area contributed by atoms with E-state index in [4.69, 9.17) is 5.11 Å². The van der Waals surface area contributed by atoms with Crippen molar-refractivity contribution in [1.29, 1.82) is 0 Å². The normalized spacial score (nSPS) is 12.0. The molecule has 0 bridgehead atoms. The van der Waals surface area contributed by atoms with Gasteiger partial charge in [-0.3, -0.25) is 14.6 Å². The molecular formula is C25H29N3O3. The Hall–Kier alpha value is -3.41. The third kappa shape index (κ3) is 6.04. The van der Waals surface area contributed by atoms with Crippen molar-refractivity contribution in [3.63, 3.8) is 0 Å². The van der Waals surface area contributed by atoms with Crippen LogP contribution in [0, 0.1) is 12.8 Å². The van der Waals surface area contributed by atoms with Gasteiger partial charge in [-0.25, -0.2) is 0 Å². The molecule has 6 heteroatoms. The molecular weight excluding hydrogens is 390 g/mol. The molecule has 1 atom stereocenters. The molecule has 162 valence electrons. The van der Waals surface area contributed by atoms with Gasteiger partial charge in [0.05, 0.1) is 29.9 Å². The third-order valence-corrected chi connectivity index (χ3v) is 5.19. The Balaban J connectivity index is 1.77. The van der Waals surface area contributed by atoms with Gasteiger partial charge in [0.15, 0.2) is 0 Å². The highest BCUT2D eigenvalue weighted by atomic mass is 16.4. The fraction of sp³-hybridized carbons (Fsp3) is 0.320. The highest BCUT2D eigenvalue weighted by Gasteiger charge is 2.15. The van der Waals surface area contributed by atoms with E-state index in [9.17, 15) is 9.59 Å². The predicted octanol–water partition coefficient (Wildman–Crippen LogP) is 4.95. The number of nitrogens with zero attached hydrogens (tertiary/aromatic N) is 1. The Bertz CT molecular complexity index is 1060. The van der Waals surface area contributed by atoms with Crippen LogP contribution in [0.1, 0.15) is 54.2 Å². The summed E-state index contributed by atoms with van der Waals surface area (Å²) in [4.78, 5) is 27.4. The molecule has 3 aromatic rings. The number of carbonyl (C=O) groups is 2. The van der Waals surface area contributed by atoms with E-state index in [2.05, 4.69) is 48.5 Å². The van der Waals surface area contributed by atoms with E-state index in [0.717, 1.165) is 28.6 Å². The number of pyridine rings is 1. The van der Waals surface area contributed by atoms with Crippen molar-refractivity contribution in [2.45, 2.75) is 39.7 Å². The average molecular weight is 420 g/mol. The van der Waals surface area contributed by atoms with E-state index in [-0.39, 0.29) is 24.9 Å². The molecule has 0 saturated carbocycles. The molecule has 0 aliphatic carbocycles. The first-order valence-electron chi connectivity index (χ1n) is 10.6. The van der Waals surface area contributed by atoms with E-state index in [1.165, 1.54) is 5.56 Å².